The Morgan fingerprint density at radius 3 is 2.76 bits per heavy atom. The molecule has 1 rings (SSSR count). The van der Waals surface area contributed by atoms with Gasteiger partial charge in [0.1, 0.15) is 12.4 Å². The Kier molecular flexibility index (Phi) is 11.0. The van der Waals surface area contributed by atoms with Crippen molar-refractivity contribution < 1.29 is 0 Å². The molecular weight excluding hydrogens is 332 g/mol. The summed E-state index contributed by atoms with van der Waals surface area (Å²) in [5.41, 5.74) is 0. The minimum atomic E-state index is 0.545. The second kappa shape index (κ2) is 12.8. The SMILES string of the molecule is C=CCCCCCN(C)C(=NCc1nnc(C)n1C)NCCCSC. The Labute approximate surface area is 157 Å². The Morgan fingerprint density at radius 2 is 2.12 bits per heavy atom. The van der Waals surface area contributed by atoms with Crippen LogP contribution < -0.4 is 5.32 Å². The summed E-state index contributed by atoms with van der Waals surface area (Å²) in [6, 6.07) is 0. The molecule has 1 heterocycles. The van der Waals surface area contributed by atoms with Gasteiger partial charge in [-0.15, -0.1) is 16.8 Å². The van der Waals surface area contributed by atoms with Crippen molar-refractivity contribution in [1.29, 1.82) is 0 Å². The number of unbranched alkanes of at least 4 members (excludes halogenated alkanes) is 3. The summed E-state index contributed by atoms with van der Waals surface area (Å²) < 4.78 is 1.99. The van der Waals surface area contributed by atoms with Crippen LogP contribution in [0.1, 0.15) is 43.8 Å². The van der Waals surface area contributed by atoms with Crippen LogP contribution in [0.15, 0.2) is 17.6 Å². The van der Waals surface area contributed by atoms with Crippen LogP contribution in [0.3, 0.4) is 0 Å². The number of aryl methyl sites for hydroxylation is 1. The van der Waals surface area contributed by atoms with Crippen molar-refractivity contribution in [2.45, 2.75) is 45.6 Å². The lowest BCUT2D eigenvalue weighted by Gasteiger charge is -2.22. The molecule has 0 aliphatic rings. The molecule has 0 radical (unpaired) electrons. The maximum absolute atomic E-state index is 4.77. The average Bonchev–Trinajstić information content (AvgIpc) is 2.92. The van der Waals surface area contributed by atoms with E-state index in [4.69, 9.17) is 4.99 Å². The standard InChI is InChI=1S/C18H34N6S/c1-6-7-8-9-10-13-23(3)18(19-12-11-14-25-5)20-15-17-22-21-16(2)24(17)4/h6H,1,7-15H2,2-5H3,(H,19,20). The van der Waals surface area contributed by atoms with E-state index in [0.29, 0.717) is 6.54 Å². The van der Waals surface area contributed by atoms with Crippen LogP contribution in [-0.2, 0) is 13.6 Å². The van der Waals surface area contributed by atoms with Crippen LogP contribution in [0.2, 0.25) is 0 Å². The van der Waals surface area contributed by atoms with E-state index in [0.717, 1.165) is 49.3 Å². The van der Waals surface area contributed by atoms with Gasteiger partial charge in [-0.1, -0.05) is 12.5 Å². The summed E-state index contributed by atoms with van der Waals surface area (Å²) in [4.78, 5) is 6.98. The van der Waals surface area contributed by atoms with Crippen molar-refractivity contribution in [3.8, 4) is 0 Å². The molecule has 0 aliphatic heterocycles. The van der Waals surface area contributed by atoms with Gasteiger partial charge in [0.05, 0.1) is 0 Å². The van der Waals surface area contributed by atoms with Crippen molar-refractivity contribution in [2.24, 2.45) is 12.0 Å². The lowest BCUT2D eigenvalue weighted by molar-refractivity contribution is 0.453. The van der Waals surface area contributed by atoms with E-state index in [1.54, 1.807) is 0 Å². The zero-order valence-corrected chi connectivity index (χ0v) is 17.1. The van der Waals surface area contributed by atoms with Crippen molar-refractivity contribution in [3.05, 3.63) is 24.3 Å². The average molecular weight is 367 g/mol. The number of allylic oxidation sites excluding steroid dienone is 1. The van der Waals surface area contributed by atoms with Crippen LogP contribution >= 0.6 is 11.8 Å². The molecule has 0 atom stereocenters. The van der Waals surface area contributed by atoms with Gasteiger partial charge < -0.3 is 14.8 Å². The molecule has 0 aliphatic carbocycles. The Bertz CT molecular complexity index is 526. The second-order valence-corrected chi connectivity index (χ2v) is 7.18. The van der Waals surface area contributed by atoms with Gasteiger partial charge in [-0.05, 0) is 44.6 Å². The van der Waals surface area contributed by atoms with E-state index < -0.39 is 0 Å². The molecule has 1 N–H and O–H groups in total. The highest BCUT2D eigenvalue weighted by atomic mass is 32.2. The molecular formula is C18H34N6S. The summed E-state index contributed by atoms with van der Waals surface area (Å²) in [7, 11) is 4.09. The lowest BCUT2D eigenvalue weighted by atomic mass is 10.2. The third kappa shape index (κ3) is 8.43. The molecule has 6 nitrogen and oxygen atoms in total. The molecule has 0 unspecified atom stereocenters. The zero-order chi connectivity index (χ0) is 18.5. The van der Waals surface area contributed by atoms with Gasteiger partial charge in [-0.2, -0.15) is 11.8 Å². The van der Waals surface area contributed by atoms with Gasteiger partial charge >= 0.3 is 0 Å². The second-order valence-electron chi connectivity index (χ2n) is 6.19. The fourth-order valence-electron chi connectivity index (χ4n) is 2.38. The van der Waals surface area contributed by atoms with E-state index in [2.05, 4.69) is 40.3 Å². The topological polar surface area (TPSA) is 58.3 Å². The number of nitrogens with one attached hydrogen (secondary N) is 1. The van der Waals surface area contributed by atoms with Gasteiger partial charge in [0.15, 0.2) is 11.8 Å². The molecule has 1 aromatic heterocycles. The van der Waals surface area contributed by atoms with Crippen LogP contribution in [-0.4, -0.2) is 57.8 Å². The lowest BCUT2D eigenvalue weighted by Crippen LogP contribution is -2.40. The predicted octanol–water partition coefficient (Wildman–Crippen LogP) is 3.00. The minimum Gasteiger partial charge on any atom is -0.356 e. The Balaban J connectivity index is 2.58. The van der Waals surface area contributed by atoms with E-state index in [-0.39, 0.29) is 0 Å². The third-order valence-electron chi connectivity index (χ3n) is 4.12. The zero-order valence-electron chi connectivity index (χ0n) is 16.3. The molecule has 0 bridgehead atoms. The van der Waals surface area contributed by atoms with Gasteiger partial charge in [0.2, 0.25) is 0 Å². The first-order chi connectivity index (χ1) is 12.1. The van der Waals surface area contributed by atoms with Gasteiger partial charge in [0, 0.05) is 27.2 Å². The van der Waals surface area contributed by atoms with Crippen LogP contribution in [0, 0.1) is 6.92 Å². The van der Waals surface area contributed by atoms with Crippen molar-refractivity contribution in [3.63, 3.8) is 0 Å². The fraction of sp³-hybridized carbons (Fsp3) is 0.722. The number of rotatable bonds is 12. The van der Waals surface area contributed by atoms with E-state index in [1.807, 2.05) is 36.4 Å². The van der Waals surface area contributed by atoms with Gasteiger partial charge in [0.25, 0.3) is 0 Å². The molecule has 1 aromatic rings. The van der Waals surface area contributed by atoms with Crippen LogP contribution in [0.25, 0.3) is 0 Å². The smallest absolute Gasteiger partial charge is 0.194 e. The highest BCUT2D eigenvalue weighted by molar-refractivity contribution is 7.98. The highest BCUT2D eigenvalue weighted by Gasteiger charge is 2.08. The number of guanidine groups is 1. The third-order valence-corrected chi connectivity index (χ3v) is 4.82. The molecule has 0 saturated carbocycles. The minimum absolute atomic E-state index is 0.545. The molecule has 0 spiro atoms. The molecule has 0 aromatic carbocycles. The van der Waals surface area contributed by atoms with Crippen LogP contribution in [0.5, 0.6) is 0 Å². The first kappa shape index (κ1) is 21.5. The van der Waals surface area contributed by atoms with Crippen molar-refractivity contribution >= 4 is 17.7 Å². The number of nitrogens with zero attached hydrogens (tertiary/aromatic N) is 5. The highest BCUT2D eigenvalue weighted by Crippen LogP contribution is 2.04. The maximum atomic E-state index is 4.77. The van der Waals surface area contributed by atoms with Crippen LogP contribution in [0.4, 0.5) is 0 Å². The molecule has 142 valence electrons. The molecule has 0 amide bonds. The molecule has 7 heteroatoms. The number of hydrogen-bond donors (Lipinski definition) is 1. The van der Waals surface area contributed by atoms with E-state index in [1.165, 1.54) is 19.3 Å². The van der Waals surface area contributed by atoms with E-state index >= 15 is 0 Å². The normalized spacial score (nSPS) is 11.6. The molecule has 25 heavy (non-hydrogen) atoms. The summed E-state index contributed by atoms with van der Waals surface area (Å²) in [6.07, 6.45) is 9.97. The van der Waals surface area contributed by atoms with Gasteiger partial charge in [-0.3, -0.25) is 0 Å². The van der Waals surface area contributed by atoms with Crippen molar-refractivity contribution in [2.75, 3.05) is 32.1 Å². The monoisotopic (exact) mass is 366 g/mol. The maximum Gasteiger partial charge on any atom is 0.194 e. The fourth-order valence-corrected chi connectivity index (χ4v) is 2.82. The molecule has 0 fully saturated rings. The quantitative estimate of drug-likeness (QED) is 0.267. The molecule has 0 saturated heterocycles. The largest absolute Gasteiger partial charge is 0.356 e. The first-order valence-electron chi connectivity index (χ1n) is 9.04. The first-order valence-corrected chi connectivity index (χ1v) is 10.4. The summed E-state index contributed by atoms with van der Waals surface area (Å²) in [5, 5.41) is 11.8. The number of aliphatic imine (C=N–C) groups is 1. The Hall–Kier alpha value is -1.50. The number of aromatic nitrogens is 3. The predicted molar refractivity (Wildman–Crippen MR) is 109 cm³/mol. The van der Waals surface area contributed by atoms with E-state index in [9.17, 15) is 0 Å². The summed E-state index contributed by atoms with van der Waals surface area (Å²) in [5.74, 6) is 3.91. The Morgan fingerprint density at radius 1 is 1.32 bits per heavy atom. The number of thioether (sulfide) groups is 1. The van der Waals surface area contributed by atoms with Crippen molar-refractivity contribution in [1.82, 2.24) is 25.0 Å². The summed E-state index contributed by atoms with van der Waals surface area (Å²) >= 11 is 1.87. The number of hydrogen-bond acceptors (Lipinski definition) is 4. The van der Waals surface area contributed by atoms with Gasteiger partial charge in [-0.25, -0.2) is 4.99 Å². The summed E-state index contributed by atoms with van der Waals surface area (Å²) in [6.45, 7) is 8.22.